The molecular formula is C12H12ClNO3S. The number of carboxylic acid groups (broad SMARTS) is 1. The Morgan fingerprint density at radius 2 is 2.28 bits per heavy atom. The van der Waals surface area contributed by atoms with Crippen LogP contribution < -0.4 is 0 Å². The van der Waals surface area contributed by atoms with E-state index in [2.05, 4.69) is 0 Å². The molecule has 0 aromatic carbocycles. The van der Waals surface area contributed by atoms with E-state index in [0.717, 1.165) is 11.3 Å². The first-order valence-corrected chi connectivity index (χ1v) is 6.74. The van der Waals surface area contributed by atoms with Crippen LogP contribution in [0.2, 0.25) is 4.34 Å². The fraction of sp³-hybridized carbons (Fsp3) is 0.333. The number of nitrogens with zero attached hydrogens (tertiary/aromatic N) is 1. The molecule has 1 aliphatic rings. The summed E-state index contributed by atoms with van der Waals surface area (Å²) in [4.78, 5) is 25.1. The zero-order valence-corrected chi connectivity index (χ0v) is 11.1. The summed E-state index contributed by atoms with van der Waals surface area (Å²) in [7, 11) is 0. The summed E-state index contributed by atoms with van der Waals surface area (Å²) >= 11 is 7.15. The van der Waals surface area contributed by atoms with Gasteiger partial charge in [0.1, 0.15) is 6.04 Å². The lowest BCUT2D eigenvalue weighted by Crippen LogP contribution is -2.39. The molecule has 0 bridgehead atoms. The number of thiophene rings is 1. The number of carboxylic acids is 1. The third-order valence-electron chi connectivity index (χ3n) is 2.81. The van der Waals surface area contributed by atoms with Crippen molar-refractivity contribution in [2.75, 3.05) is 6.54 Å². The molecule has 4 nitrogen and oxygen atoms in total. The molecule has 1 fully saturated rings. The van der Waals surface area contributed by atoms with Crippen molar-refractivity contribution in [2.24, 2.45) is 0 Å². The second-order valence-electron chi connectivity index (χ2n) is 4.00. The molecule has 0 unspecified atom stereocenters. The first kappa shape index (κ1) is 13.1. The van der Waals surface area contributed by atoms with Gasteiger partial charge in [0.05, 0.1) is 4.34 Å². The van der Waals surface area contributed by atoms with Crippen molar-refractivity contribution >= 4 is 40.9 Å². The van der Waals surface area contributed by atoms with Crippen LogP contribution in [-0.2, 0) is 9.59 Å². The highest BCUT2D eigenvalue weighted by atomic mass is 35.5. The molecule has 1 aliphatic heterocycles. The highest BCUT2D eigenvalue weighted by Gasteiger charge is 2.32. The van der Waals surface area contributed by atoms with Gasteiger partial charge in [0.2, 0.25) is 5.91 Å². The van der Waals surface area contributed by atoms with Gasteiger partial charge in [-0.25, -0.2) is 4.79 Å². The highest BCUT2D eigenvalue weighted by molar-refractivity contribution is 7.17. The van der Waals surface area contributed by atoms with Crippen molar-refractivity contribution in [3.63, 3.8) is 0 Å². The quantitative estimate of drug-likeness (QED) is 0.868. The van der Waals surface area contributed by atoms with Crippen LogP contribution in [0, 0.1) is 0 Å². The van der Waals surface area contributed by atoms with Crippen molar-refractivity contribution in [1.29, 1.82) is 0 Å². The Morgan fingerprint density at radius 3 is 2.89 bits per heavy atom. The van der Waals surface area contributed by atoms with Crippen molar-refractivity contribution < 1.29 is 14.7 Å². The van der Waals surface area contributed by atoms with Crippen molar-refractivity contribution in [2.45, 2.75) is 18.9 Å². The van der Waals surface area contributed by atoms with E-state index in [9.17, 15) is 9.59 Å². The summed E-state index contributed by atoms with van der Waals surface area (Å²) in [5.41, 5.74) is 0. The second kappa shape index (κ2) is 5.54. The molecule has 1 aromatic rings. The average molecular weight is 286 g/mol. The summed E-state index contributed by atoms with van der Waals surface area (Å²) in [6.45, 7) is 0.505. The molecule has 2 rings (SSSR count). The Hall–Kier alpha value is -1.33. The van der Waals surface area contributed by atoms with Crippen LogP contribution in [0.1, 0.15) is 17.7 Å². The molecule has 0 aliphatic carbocycles. The zero-order chi connectivity index (χ0) is 13.1. The monoisotopic (exact) mass is 285 g/mol. The lowest BCUT2D eigenvalue weighted by molar-refractivity contribution is -0.146. The van der Waals surface area contributed by atoms with Gasteiger partial charge in [-0.15, -0.1) is 11.3 Å². The summed E-state index contributed by atoms with van der Waals surface area (Å²) in [6, 6.07) is 2.89. The zero-order valence-electron chi connectivity index (χ0n) is 9.51. The van der Waals surface area contributed by atoms with Gasteiger partial charge < -0.3 is 10.0 Å². The Kier molecular flexibility index (Phi) is 4.04. The number of carbonyl (C=O) groups excluding carboxylic acids is 1. The van der Waals surface area contributed by atoms with E-state index in [0.29, 0.717) is 17.3 Å². The molecule has 1 amide bonds. The Labute approximate surface area is 113 Å². The van der Waals surface area contributed by atoms with Crippen molar-refractivity contribution in [3.8, 4) is 0 Å². The maximum atomic E-state index is 11.9. The molecule has 1 aromatic heterocycles. The first-order chi connectivity index (χ1) is 8.58. The number of hydrogen-bond acceptors (Lipinski definition) is 3. The summed E-state index contributed by atoms with van der Waals surface area (Å²) in [5.74, 6) is -1.20. The maximum absolute atomic E-state index is 11.9. The molecular weight excluding hydrogens is 274 g/mol. The Bertz CT molecular complexity index is 497. The van der Waals surface area contributed by atoms with E-state index < -0.39 is 12.0 Å². The van der Waals surface area contributed by atoms with Gasteiger partial charge in [-0.2, -0.15) is 0 Å². The van der Waals surface area contributed by atoms with Crippen LogP contribution in [0.25, 0.3) is 6.08 Å². The first-order valence-electron chi connectivity index (χ1n) is 5.55. The van der Waals surface area contributed by atoms with E-state index >= 15 is 0 Å². The largest absolute Gasteiger partial charge is 0.480 e. The average Bonchev–Trinajstić information content (AvgIpc) is 2.94. The van der Waals surface area contributed by atoms with Gasteiger partial charge in [0.15, 0.2) is 0 Å². The number of likely N-dealkylation sites (tertiary alicyclic amines) is 1. The third kappa shape index (κ3) is 2.91. The fourth-order valence-corrected chi connectivity index (χ4v) is 2.92. The number of hydrogen-bond donors (Lipinski definition) is 1. The molecule has 96 valence electrons. The molecule has 0 radical (unpaired) electrons. The van der Waals surface area contributed by atoms with E-state index in [1.807, 2.05) is 6.07 Å². The van der Waals surface area contributed by atoms with Crippen LogP contribution in [0.15, 0.2) is 18.2 Å². The predicted octanol–water partition coefficient (Wildman–Crippen LogP) is 2.49. The number of aliphatic carboxylic acids is 1. The molecule has 0 spiro atoms. The van der Waals surface area contributed by atoms with Crippen LogP contribution in [0.4, 0.5) is 0 Å². The minimum Gasteiger partial charge on any atom is -0.480 e. The minimum atomic E-state index is -0.937. The lowest BCUT2D eigenvalue weighted by atomic mass is 10.2. The van der Waals surface area contributed by atoms with E-state index in [-0.39, 0.29) is 5.91 Å². The van der Waals surface area contributed by atoms with Gasteiger partial charge >= 0.3 is 5.97 Å². The fourth-order valence-electron chi connectivity index (χ4n) is 1.95. The number of amides is 1. The standard InChI is InChI=1S/C12H12ClNO3S/c13-10-5-3-8(18-10)4-6-11(15)14-7-1-2-9(14)12(16)17/h3-6,9H,1-2,7H2,(H,16,17)/b6-4+/t9-/m0/s1. The highest BCUT2D eigenvalue weighted by Crippen LogP contribution is 2.23. The van der Waals surface area contributed by atoms with E-state index in [1.54, 1.807) is 12.1 Å². The summed E-state index contributed by atoms with van der Waals surface area (Å²) < 4.78 is 0.659. The molecule has 0 saturated carbocycles. The van der Waals surface area contributed by atoms with Crippen molar-refractivity contribution in [3.05, 3.63) is 27.4 Å². The third-order valence-corrected chi connectivity index (χ3v) is 4.00. The van der Waals surface area contributed by atoms with Crippen LogP contribution in [-0.4, -0.2) is 34.5 Å². The topological polar surface area (TPSA) is 57.6 Å². The summed E-state index contributed by atoms with van der Waals surface area (Å²) in [6.07, 6.45) is 4.33. The second-order valence-corrected chi connectivity index (χ2v) is 5.75. The molecule has 6 heteroatoms. The predicted molar refractivity (Wildman–Crippen MR) is 70.7 cm³/mol. The summed E-state index contributed by atoms with van der Waals surface area (Å²) in [5, 5.41) is 8.99. The molecule has 1 N–H and O–H groups in total. The maximum Gasteiger partial charge on any atom is 0.326 e. The van der Waals surface area contributed by atoms with Gasteiger partial charge in [-0.05, 0) is 31.1 Å². The molecule has 1 atom stereocenters. The number of carbonyl (C=O) groups is 2. The van der Waals surface area contributed by atoms with E-state index in [1.165, 1.54) is 22.3 Å². The molecule has 2 heterocycles. The number of halogens is 1. The lowest BCUT2D eigenvalue weighted by Gasteiger charge is -2.19. The van der Waals surface area contributed by atoms with Gasteiger partial charge in [-0.3, -0.25) is 4.79 Å². The Balaban J connectivity index is 2.03. The van der Waals surface area contributed by atoms with E-state index in [4.69, 9.17) is 16.7 Å². The van der Waals surface area contributed by atoms with Gasteiger partial charge in [-0.1, -0.05) is 11.6 Å². The van der Waals surface area contributed by atoms with Gasteiger partial charge in [0.25, 0.3) is 0 Å². The molecule has 1 saturated heterocycles. The number of rotatable bonds is 3. The van der Waals surface area contributed by atoms with Crippen LogP contribution >= 0.6 is 22.9 Å². The van der Waals surface area contributed by atoms with Crippen molar-refractivity contribution in [1.82, 2.24) is 4.90 Å². The normalized spacial score (nSPS) is 19.6. The van der Waals surface area contributed by atoms with Gasteiger partial charge in [0, 0.05) is 17.5 Å². The smallest absolute Gasteiger partial charge is 0.326 e. The SMILES string of the molecule is O=C(O)[C@@H]1CCCN1C(=O)/C=C/c1ccc(Cl)s1. The van der Waals surface area contributed by atoms with Crippen LogP contribution in [0.5, 0.6) is 0 Å². The Morgan fingerprint density at radius 1 is 1.50 bits per heavy atom. The minimum absolute atomic E-state index is 0.260. The molecule has 18 heavy (non-hydrogen) atoms. The van der Waals surface area contributed by atoms with Crippen LogP contribution in [0.3, 0.4) is 0 Å².